The summed E-state index contributed by atoms with van der Waals surface area (Å²) in [4.78, 5) is 4.34. The minimum atomic E-state index is -0.477. The van der Waals surface area contributed by atoms with Crippen LogP contribution >= 0.6 is 0 Å². The van der Waals surface area contributed by atoms with E-state index in [-0.39, 0.29) is 17.0 Å². The molecule has 2 heterocycles. The summed E-state index contributed by atoms with van der Waals surface area (Å²) in [6.07, 6.45) is 2.28. The van der Waals surface area contributed by atoms with E-state index in [4.69, 9.17) is 9.31 Å². The number of hydrogen-bond acceptors (Lipinski definition) is 4. The first-order valence-electron chi connectivity index (χ1n) is 7.16. The van der Waals surface area contributed by atoms with Crippen LogP contribution < -0.4 is 5.59 Å². The van der Waals surface area contributed by atoms with Crippen LogP contribution in [0.3, 0.4) is 0 Å². The van der Waals surface area contributed by atoms with Gasteiger partial charge in [0.2, 0.25) is 0 Å². The smallest absolute Gasteiger partial charge is 0.506 e. The van der Waals surface area contributed by atoms with Crippen LogP contribution in [-0.4, -0.2) is 28.4 Å². The number of aromatic hydroxyl groups is 1. The molecule has 5 heteroatoms. The van der Waals surface area contributed by atoms with E-state index in [2.05, 4.69) is 18.8 Å². The molecule has 2 rings (SSSR count). The molecule has 0 radical (unpaired) electrons. The molecule has 4 nitrogen and oxygen atoms in total. The second-order valence-electron chi connectivity index (χ2n) is 6.92. The highest BCUT2D eigenvalue weighted by Gasteiger charge is 2.52. The fraction of sp³-hybridized carbons (Fsp3) is 0.667. The lowest BCUT2D eigenvalue weighted by atomic mass is 9.79. The zero-order chi connectivity index (χ0) is 15.1. The Morgan fingerprint density at radius 3 is 2.25 bits per heavy atom. The lowest BCUT2D eigenvalue weighted by Crippen LogP contribution is -2.41. The predicted molar refractivity (Wildman–Crippen MR) is 80.2 cm³/mol. The first-order valence-corrected chi connectivity index (χ1v) is 7.16. The minimum Gasteiger partial charge on any atom is -0.506 e. The van der Waals surface area contributed by atoms with Gasteiger partial charge < -0.3 is 14.4 Å². The molecule has 0 aliphatic carbocycles. The van der Waals surface area contributed by atoms with Crippen LogP contribution in [0.5, 0.6) is 5.75 Å². The Morgan fingerprint density at radius 2 is 1.75 bits per heavy atom. The van der Waals surface area contributed by atoms with Gasteiger partial charge in [0, 0.05) is 0 Å². The zero-order valence-electron chi connectivity index (χ0n) is 13.2. The molecule has 1 aliphatic heterocycles. The first kappa shape index (κ1) is 15.3. The monoisotopic (exact) mass is 277 g/mol. The summed E-state index contributed by atoms with van der Waals surface area (Å²) in [7, 11) is -0.477. The Kier molecular flexibility index (Phi) is 3.86. The van der Waals surface area contributed by atoms with Crippen LogP contribution in [0.25, 0.3) is 0 Å². The predicted octanol–water partition coefficient (Wildman–Crippen LogP) is 2.28. The van der Waals surface area contributed by atoms with Crippen LogP contribution in [0.1, 0.15) is 47.1 Å². The van der Waals surface area contributed by atoms with Gasteiger partial charge >= 0.3 is 7.12 Å². The molecule has 0 bridgehead atoms. The average Bonchev–Trinajstić information content (AvgIpc) is 2.46. The summed E-state index contributed by atoms with van der Waals surface area (Å²) in [6.45, 7) is 12.4. The maximum atomic E-state index is 9.65. The second kappa shape index (κ2) is 5.04. The summed E-state index contributed by atoms with van der Waals surface area (Å²) < 4.78 is 12.1. The third kappa shape index (κ3) is 2.84. The molecule has 0 amide bonds. The molecular formula is C15H24BNO3. The van der Waals surface area contributed by atoms with Crippen molar-refractivity contribution in [1.82, 2.24) is 4.98 Å². The molecule has 1 aliphatic rings. The molecule has 0 spiro atoms. The highest BCUT2D eigenvalue weighted by Crippen LogP contribution is 2.36. The van der Waals surface area contributed by atoms with Crippen LogP contribution in [0.15, 0.2) is 12.3 Å². The maximum Gasteiger partial charge on any atom is 0.514 e. The van der Waals surface area contributed by atoms with E-state index in [1.807, 2.05) is 27.7 Å². The van der Waals surface area contributed by atoms with E-state index < -0.39 is 7.12 Å². The van der Waals surface area contributed by atoms with Crippen molar-refractivity contribution in [2.75, 3.05) is 0 Å². The molecule has 1 saturated heterocycles. The van der Waals surface area contributed by atoms with Crippen molar-refractivity contribution in [3.63, 3.8) is 0 Å². The Labute approximate surface area is 121 Å². The van der Waals surface area contributed by atoms with Gasteiger partial charge in [0.05, 0.1) is 23.0 Å². The molecule has 1 fully saturated rings. The van der Waals surface area contributed by atoms with Crippen molar-refractivity contribution in [3.05, 3.63) is 17.8 Å². The van der Waals surface area contributed by atoms with Crippen LogP contribution in [0, 0.1) is 5.92 Å². The van der Waals surface area contributed by atoms with Gasteiger partial charge in [-0.15, -0.1) is 0 Å². The third-order valence-electron chi connectivity index (χ3n) is 4.09. The van der Waals surface area contributed by atoms with Crippen molar-refractivity contribution in [3.8, 4) is 5.75 Å². The Balaban J connectivity index is 2.34. The van der Waals surface area contributed by atoms with Crippen molar-refractivity contribution in [1.29, 1.82) is 0 Å². The topological polar surface area (TPSA) is 51.6 Å². The molecule has 0 atom stereocenters. The van der Waals surface area contributed by atoms with E-state index >= 15 is 0 Å². The van der Waals surface area contributed by atoms with E-state index in [1.165, 1.54) is 6.20 Å². The van der Waals surface area contributed by atoms with Gasteiger partial charge in [0.25, 0.3) is 0 Å². The Morgan fingerprint density at radius 1 is 1.20 bits per heavy atom. The van der Waals surface area contributed by atoms with Crippen molar-refractivity contribution >= 4 is 12.7 Å². The summed E-state index contributed by atoms with van der Waals surface area (Å²) in [5, 5.41) is 9.65. The minimum absolute atomic E-state index is 0.181. The Bertz CT molecular complexity index is 484. The quantitative estimate of drug-likeness (QED) is 0.861. The molecule has 110 valence electrons. The summed E-state index contributed by atoms with van der Waals surface area (Å²) in [6, 6.07) is 1.76. The standard InChI is InChI=1S/C15H24BNO3/c1-10(2)7-11-8-12(18)9-17-13(11)16-19-14(3,4)15(5,6)20-16/h8-10,18H,7H2,1-6H3. The molecule has 1 N–H and O–H groups in total. The van der Waals surface area contributed by atoms with Crippen LogP contribution in [0.4, 0.5) is 0 Å². The number of rotatable bonds is 3. The molecular weight excluding hydrogens is 253 g/mol. The second-order valence-corrected chi connectivity index (χ2v) is 6.92. The highest BCUT2D eigenvalue weighted by molar-refractivity contribution is 6.61. The average molecular weight is 277 g/mol. The third-order valence-corrected chi connectivity index (χ3v) is 4.09. The molecule has 1 aromatic heterocycles. The number of aromatic nitrogens is 1. The van der Waals surface area contributed by atoms with Gasteiger partial charge in [-0.05, 0) is 51.7 Å². The van der Waals surface area contributed by atoms with E-state index in [1.54, 1.807) is 6.07 Å². The normalized spacial score (nSPS) is 20.6. The van der Waals surface area contributed by atoms with Crippen molar-refractivity contribution in [2.45, 2.75) is 59.2 Å². The summed E-state index contributed by atoms with van der Waals surface area (Å²) in [5.41, 5.74) is 0.993. The van der Waals surface area contributed by atoms with Gasteiger partial charge in [-0.1, -0.05) is 13.8 Å². The summed E-state index contributed by atoms with van der Waals surface area (Å²) in [5.74, 6) is 0.653. The zero-order valence-corrected chi connectivity index (χ0v) is 13.2. The van der Waals surface area contributed by atoms with Crippen LogP contribution in [0.2, 0.25) is 0 Å². The van der Waals surface area contributed by atoms with Gasteiger partial charge in [0.15, 0.2) is 0 Å². The summed E-state index contributed by atoms with van der Waals surface area (Å²) >= 11 is 0. The van der Waals surface area contributed by atoms with Gasteiger partial charge in [-0.3, -0.25) is 4.98 Å². The van der Waals surface area contributed by atoms with E-state index in [0.29, 0.717) is 5.92 Å². The van der Waals surface area contributed by atoms with E-state index in [0.717, 1.165) is 17.6 Å². The lowest BCUT2D eigenvalue weighted by Gasteiger charge is -2.32. The maximum absolute atomic E-state index is 9.65. The van der Waals surface area contributed by atoms with Crippen molar-refractivity contribution < 1.29 is 14.4 Å². The fourth-order valence-electron chi connectivity index (χ4n) is 2.28. The number of hydrogen-bond donors (Lipinski definition) is 1. The number of pyridine rings is 1. The lowest BCUT2D eigenvalue weighted by molar-refractivity contribution is 0.00578. The van der Waals surface area contributed by atoms with Crippen LogP contribution in [-0.2, 0) is 15.7 Å². The molecule has 0 unspecified atom stereocenters. The van der Waals surface area contributed by atoms with Gasteiger partial charge in [0.1, 0.15) is 5.75 Å². The SMILES string of the molecule is CC(C)Cc1cc(O)cnc1B1OC(C)(C)C(C)(C)O1. The highest BCUT2D eigenvalue weighted by atomic mass is 16.7. The largest absolute Gasteiger partial charge is 0.514 e. The Hall–Kier alpha value is -1.07. The fourth-order valence-corrected chi connectivity index (χ4v) is 2.28. The van der Waals surface area contributed by atoms with E-state index in [9.17, 15) is 5.11 Å². The van der Waals surface area contributed by atoms with Gasteiger partial charge in [-0.25, -0.2) is 0 Å². The number of nitrogens with zero attached hydrogens (tertiary/aromatic N) is 1. The van der Waals surface area contributed by atoms with Crippen molar-refractivity contribution in [2.24, 2.45) is 5.92 Å². The molecule has 0 aromatic carbocycles. The molecule has 0 saturated carbocycles. The molecule has 20 heavy (non-hydrogen) atoms. The molecule has 1 aromatic rings. The first-order chi connectivity index (χ1) is 9.12. The van der Waals surface area contributed by atoms with Gasteiger partial charge in [-0.2, -0.15) is 0 Å².